The number of sulfone groups is 1. The van der Waals surface area contributed by atoms with Gasteiger partial charge in [0.05, 0.1) is 17.1 Å². The first-order valence-electron chi connectivity index (χ1n) is 6.88. The van der Waals surface area contributed by atoms with E-state index < -0.39 is 9.84 Å². The van der Waals surface area contributed by atoms with Gasteiger partial charge in [-0.25, -0.2) is 8.42 Å². The highest BCUT2D eigenvalue weighted by atomic mass is 32.2. The highest BCUT2D eigenvalue weighted by Gasteiger charge is 2.30. The van der Waals surface area contributed by atoms with E-state index in [2.05, 4.69) is 10.2 Å². The molecule has 1 N–H and O–H groups in total. The summed E-state index contributed by atoms with van der Waals surface area (Å²) in [5, 5.41) is 2.87. The van der Waals surface area contributed by atoms with Crippen LogP contribution >= 0.6 is 0 Å². The lowest BCUT2D eigenvalue weighted by molar-refractivity contribution is 0.0958. The molecule has 108 valence electrons. The molecule has 2 aliphatic rings. The maximum atomic E-state index is 12.0. The number of nitrogens with zero attached hydrogens (tertiary/aromatic N) is 1. The van der Waals surface area contributed by atoms with Gasteiger partial charge in [-0.2, -0.15) is 0 Å². The fourth-order valence-corrected chi connectivity index (χ4v) is 4.83. The van der Waals surface area contributed by atoms with E-state index in [1.165, 1.54) is 0 Å². The van der Waals surface area contributed by atoms with Gasteiger partial charge in [0, 0.05) is 25.3 Å². The summed E-state index contributed by atoms with van der Waals surface area (Å²) in [6, 6.07) is 7.51. The number of para-hydroxylation sites is 1. The van der Waals surface area contributed by atoms with E-state index >= 15 is 0 Å². The minimum Gasteiger partial charge on any atom is -0.369 e. The van der Waals surface area contributed by atoms with Gasteiger partial charge in [0.15, 0.2) is 9.84 Å². The molecule has 1 aromatic carbocycles. The first-order valence-corrected chi connectivity index (χ1v) is 8.70. The minimum atomic E-state index is -2.85. The van der Waals surface area contributed by atoms with Crippen molar-refractivity contribution in [1.82, 2.24) is 5.32 Å². The van der Waals surface area contributed by atoms with Gasteiger partial charge in [0.25, 0.3) is 5.91 Å². The molecule has 0 spiro atoms. The number of carbonyl (C=O) groups excluding carboxylic acids is 1. The van der Waals surface area contributed by atoms with Crippen LogP contribution in [-0.2, 0) is 9.84 Å². The summed E-state index contributed by atoms with van der Waals surface area (Å²) in [5.41, 5.74) is 1.58. The molecule has 6 heteroatoms. The summed E-state index contributed by atoms with van der Waals surface area (Å²) >= 11 is 0. The van der Waals surface area contributed by atoms with Gasteiger partial charge in [-0.05, 0) is 24.5 Å². The van der Waals surface area contributed by atoms with Crippen molar-refractivity contribution < 1.29 is 13.2 Å². The Hall–Kier alpha value is -1.56. The van der Waals surface area contributed by atoms with Crippen LogP contribution in [0.25, 0.3) is 0 Å². The van der Waals surface area contributed by atoms with Crippen LogP contribution in [0.4, 0.5) is 5.69 Å². The molecule has 0 unspecified atom stereocenters. The first kappa shape index (κ1) is 13.4. The van der Waals surface area contributed by atoms with Crippen LogP contribution < -0.4 is 10.2 Å². The van der Waals surface area contributed by atoms with E-state index in [4.69, 9.17) is 0 Å². The fraction of sp³-hybridized carbons (Fsp3) is 0.500. The predicted octanol–water partition coefficient (Wildman–Crippen LogP) is 0.671. The molecule has 0 aliphatic carbocycles. The minimum absolute atomic E-state index is 0.0536. The number of nitrogens with one attached hydrogen (secondary N) is 1. The number of amides is 1. The van der Waals surface area contributed by atoms with Gasteiger partial charge in [-0.15, -0.1) is 0 Å². The van der Waals surface area contributed by atoms with E-state index in [-0.39, 0.29) is 17.6 Å². The SMILES string of the molecule is O=C1NCCN(C[C@@H]2CCS(=O)(=O)C2)c2ccccc21. The Kier molecular flexibility index (Phi) is 3.41. The predicted molar refractivity (Wildman–Crippen MR) is 77.7 cm³/mol. The zero-order valence-corrected chi connectivity index (χ0v) is 12.0. The molecule has 1 atom stereocenters. The van der Waals surface area contributed by atoms with E-state index in [0.717, 1.165) is 18.7 Å². The highest BCUT2D eigenvalue weighted by molar-refractivity contribution is 7.91. The molecule has 20 heavy (non-hydrogen) atoms. The molecule has 3 rings (SSSR count). The van der Waals surface area contributed by atoms with Crippen LogP contribution in [0.1, 0.15) is 16.8 Å². The van der Waals surface area contributed by atoms with Crippen LogP contribution in [0.15, 0.2) is 24.3 Å². The summed E-state index contributed by atoms with van der Waals surface area (Å²) in [4.78, 5) is 14.1. The molecule has 2 heterocycles. The third-order valence-electron chi connectivity index (χ3n) is 3.96. The molecule has 0 saturated carbocycles. The van der Waals surface area contributed by atoms with Crippen molar-refractivity contribution in [2.45, 2.75) is 6.42 Å². The van der Waals surface area contributed by atoms with E-state index in [1.807, 2.05) is 24.3 Å². The molecule has 1 saturated heterocycles. The Morgan fingerprint density at radius 2 is 2.10 bits per heavy atom. The number of carbonyl (C=O) groups is 1. The lowest BCUT2D eigenvalue weighted by atomic mass is 10.1. The summed E-state index contributed by atoms with van der Waals surface area (Å²) in [6.45, 7) is 2.01. The zero-order chi connectivity index (χ0) is 14.2. The molecular weight excluding hydrogens is 276 g/mol. The average Bonchev–Trinajstić information content (AvgIpc) is 2.68. The van der Waals surface area contributed by atoms with Crippen molar-refractivity contribution in [2.75, 3.05) is 36.0 Å². The number of anilines is 1. The van der Waals surface area contributed by atoms with Crippen LogP contribution in [0.5, 0.6) is 0 Å². The summed E-state index contributed by atoms with van der Waals surface area (Å²) in [7, 11) is -2.85. The molecule has 2 aliphatic heterocycles. The Morgan fingerprint density at radius 3 is 2.85 bits per heavy atom. The smallest absolute Gasteiger partial charge is 0.253 e. The molecule has 1 aromatic rings. The normalized spacial score (nSPS) is 24.9. The van der Waals surface area contributed by atoms with Crippen molar-refractivity contribution in [3.63, 3.8) is 0 Å². The summed E-state index contributed by atoms with van der Waals surface area (Å²) < 4.78 is 23.1. The van der Waals surface area contributed by atoms with Crippen LogP contribution in [0.2, 0.25) is 0 Å². The van der Waals surface area contributed by atoms with Gasteiger partial charge in [0.1, 0.15) is 0 Å². The molecular formula is C14H18N2O3S. The molecule has 5 nitrogen and oxygen atoms in total. The van der Waals surface area contributed by atoms with Crippen molar-refractivity contribution in [3.05, 3.63) is 29.8 Å². The van der Waals surface area contributed by atoms with Crippen molar-refractivity contribution in [1.29, 1.82) is 0 Å². The van der Waals surface area contributed by atoms with Crippen LogP contribution in [-0.4, -0.2) is 45.5 Å². The quantitative estimate of drug-likeness (QED) is 0.870. The molecule has 1 fully saturated rings. The highest BCUT2D eigenvalue weighted by Crippen LogP contribution is 2.26. The Bertz CT molecular complexity index is 627. The third-order valence-corrected chi connectivity index (χ3v) is 5.80. The molecule has 0 bridgehead atoms. The Balaban J connectivity index is 1.83. The summed E-state index contributed by atoms with van der Waals surface area (Å²) in [5.74, 6) is 0.681. The second kappa shape index (κ2) is 5.09. The van der Waals surface area contributed by atoms with E-state index in [1.54, 1.807) is 0 Å². The standard InChI is InChI=1S/C14H18N2O3S/c17-14-12-3-1-2-4-13(12)16(7-6-15-14)9-11-5-8-20(18,19)10-11/h1-4,11H,5-10H2,(H,15,17)/t11-/m0/s1. The lowest BCUT2D eigenvalue weighted by Crippen LogP contribution is -2.34. The largest absolute Gasteiger partial charge is 0.369 e. The first-order chi connectivity index (χ1) is 9.55. The summed E-state index contributed by atoms with van der Waals surface area (Å²) in [6.07, 6.45) is 0.725. The third kappa shape index (κ3) is 2.65. The second-order valence-corrected chi connectivity index (χ2v) is 7.72. The zero-order valence-electron chi connectivity index (χ0n) is 11.2. The number of benzene rings is 1. The fourth-order valence-electron chi connectivity index (χ4n) is 2.98. The Labute approximate surface area is 118 Å². The van der Waals surface area contributed by atoms with Gasteiger partial charge in [0.2, 0.25) is 0 Å². The van der Waals surface area contributed by atoms with Gasteiger partial charge < -0.3 is 10.2 Å². The van der Waals surface area contributed by atoms with Gasteiger partial charge >= 0.3 is 0 Å². The molecule has 0 radical (unpaired) electrons. The number of hydrogen-bond donors (Lipinski definition) is 1. The second-order valence-electron chi connectivity index (χ2n) is 5.49. The number of rotatable bonds is 2. The van der Waals surface area contributed by atoms with Crippen molar-refractivity contribution in [3.8, 4) is 0 Å². The van der Waals surface area contributed by atoms with E-state index in [9.17, 15) is 13.2 Å². The van der Waals surface area contributed by atoms with Gasteiger partial charge in [-0.3, -0.25) is 4.79 Å². The number of fused-ring (bicyclic) bond motifs is 1. The topological polar surface area (TPSA) is 66.5 Å². The molecule has 0 aromatic heterocycles. The number of hydrogen-bond acceptors (Lipinski definition) is 4. The van der Waals surface area contributed by atoms with Crippen LogP contribution in [0, 0.1) is 5.92 Å². The van der Waals surface area contributed by atoms with Crippen LogP contribution in [0.3, 0.4) is 0 Å². The molecule has 1 amide bonds. The average molecular weight is 294 g/mol. The van der Waals surface area contributed by atoms with E-state index in [0.29, 0.717) is 24.4 Å². The Morgan fingerprint density at radius 1 is 1.30 bits per heavy atom. The van der Waals surface area contributed by atoms with Crippen molar-refractivity contribution in [2.24, 2.45) is 5.92 Å². The maximum Gasteiger partial charge on any atom is 0.253 e. The lowest BCUT2D eigenvalue weighted by Gasteiger charge is -2.26. The van der Waals surface area contributed by atoms with Crippen molar-refractivity contribution >= 4 is 21.4 Å². The maximum absolute atomic E-state index is 12.0. The monoisotopic (exact) mass is 294 g/mol. The van der Waals surface area contributed by atoms with Gasteiger partial charge in [-0.1, -0.05) is 12.1 Å².